The van der Waals surface area contributed by atoms with Crippen LogP contribution in [0.25, 0.3) is 10.9 Å². The van der Waals surface area contributed by atoms with Gasteiger partial charge in [-0.1, -0.05) is 33.1 Å². The first kappa shape index (κ1) is 24.3. The van der Waals surface area contributed by atoms with Gasteiger partial charge in [0.1, 0.15) is 5.75 Å². The van der Waals surface area contributed by atoms with Gasteiger partial charge in [0.05, 0.1) is 26.3 Å². The van der Waals surface area contributed by atoms with Crippen molar-refractivity contribution in [3.8, 4) is 5.75 Å². The fraction of sp³-hybridized carbons (Fsp3) is 0.600. The zero-order valence-electron chi connectivity index (χ0n) is 20.7. The number of methoxy groups -OCH3 is 2. The fourth-order valence-electron chi connectivity index (χ4n) is 5.13. The van der Waals surface area contributed by atoms with E-state index in [1.165, 1.54) is 19.3 Å². The van der Waals surface area contributed by atoms with Crippen LogP contribution >= 0.6 is 0 Å². The molecule has 1 aromatic carbocycles. The van der Waals surface area contributed by atoms with Crippen molar-refractivity contribution in [3.63, 3.8) is 0 Å². The predicted molar refractivity (Wildman–Crippen MR) is 131 cm³/mol. The van der Waals surface area contributed by atoms with Gasteiger partial charge < -0.3 is 14.5 Å². The number of rotatable bonds is 10. The van der Waals surface area contributed by atoms with Crippen molar-refractivity contribution in [2.24, 2.45) is 5.92 Å². The SMILES string of the molecule is COCCn1nnnc1C(C(C)C)N(Cc1cc2cc(OC)ccc2[nH]c1=O)C1CCCCC1. The van der Waals surface area contributed by atoms with Crippen molar-refractivity contribution < 1.29 is 9.47 Å². The molecular formula is C25H36N6O3. The number of nitrogens with zero attached hydrogens (tertiary/aromatic N) is 5. The Morgan fingerprint density at radius 2 is 1.97 bits per heavy atom. The number of tetrazole rings is 1. The summed E-state index contributed by atoms with van der Waals surface area (Å²) in [6.45, 7) is 6.07. The second kappa shape index (κ2) is 11.1. The number of nitrogens with one attached hydrogen (secondary N) is 1. The summed E-state index contributed by atoms with van der Waals surface area (Å²) >= 11 is 0. The number of hydrogen-bond acceptors (Lipinski definition) is 7. The summed E-state index contributed by atoms with van der Waals surface area (Å²) in [5.74, 6) is 1.86. The van der Waals surface area contributed by atoms with Gasteiger partial charge in [-0.3, -0.25) is 9.69 Å². The molecule has 0 aliphatic heterocycles. The molecule has 1 N–H and O–H groups in total. The summed E-state index contributed by atoms with van der Waals surface area (Å²) in [4.78, 5) is 18.6. The van der Waals surface area contributed by atoms with Gasteiger partial charge in [-0.2, -0.15) is 0 Å². The van der Waals surface area contributed by atoms with Gasteiger partial charge in [-0.25, -0.2) is 4.68 Å². The predicted octanol–water partition coefficient (Wildman–Crippen LogP) is 3.70. The third kappa shape index (κ3) is 5.31. The lowest BCUT2D eigenvalue weighted by molar-refractivity contribution is 0.0597. The first-order chi connectivity index (χ1) is 16.5. The molecule has 1 saturated carbocycles. The number of aromatic amines is 1. The summed E-state index contributed by atoms with van der Waals surface area (Å²) in [6, 6.07) is 8.06. The molecule has 1 aliphatic carbocycles. The molecule has 0 saturated heterocycles. The Hall–Kier alpha value is -2.78. The van der Waals surface area contributed by atoms with Crippen LogP contribution in [0, 0.1) is 5.92 Å². The van der Waals surface area contributed by atoms with Crippen LogP contribution in [-0.4, -0.2) is 57.0 Å². The molecule has 2 aromatic heterocycles. The smallest absolute Gasteiger partial charge is 0.252 e. The molecule has 3 aromatic rings. The standard InChI is InChI=1S/C25H36N6O3/c1-17(2)23(24-27-28-29-31(24)12-13-33-3)30(20-8-6-5-7-9-20)16-19-14-18-15-21(34-4)10-11-22(18)26-25(19)32/h10-11,14-15,17,20,23H,5-9,12-13,16H2,1-4H3,(H,26,32). The Bertz CT molecular complexity index is 1140. The molecule has 34 heavy (non-hydrogen) atoms. The fourth-order valence-corrected chi connectivity index (χ4v) is 5.13. The minimum Gasteiger partial charge on any atom is -0.497 e. The van der Waals surface area contributed by atoms with Gasteiger partial charge in [0.25, 0.3) is 5.56 Å². The highest BCUT2D eigenvalue weighted by atomic mass is 16.5. The topological polar surface area (TPSA) is 98.2 Å². The quantitative estimate of drug-likeness (QED) is 0.484. The lowest BCUT2D eigenvalue weighted by Crippen LogP contribution is -2.43. The molecule has 0 radical (unpaired) electrons. The van der Waals surface area contributed by atoms with Crippen molar-refractivity contribution in [2.45, 2.75) is 71.1 Å². The Morgan fingerprint density at radius 3 is 2.68 bits per heavy atom. The Balaban J connectivity index is 1.74. The highest BCUT2D eigenvalue weighted by Gasteiger charge is 2.34. The molecule has 1 unspecified atom stereocenters. The van der Waals surface area contributed by atoms with E-state index >= 15 is 0 Å². The first-order valence-corrected chi connectivity index (χ1v) is 12.2. The van der Waals surface area contributed by atoms with E-state index in [9.17, 15) is 4.79 Å². The lowest BCUT2D eigenvalue weighted by Gasteiger charge is -2.41. The van der Waals surface area contributed by atoms with E-state index in [1.54, 1.807) is 14.2 Å². The zero-order chi connectivity index (χ0) is 24.1. The summed E-state index contributed by atoms with van der Waals surface area (Å²) in [5.41, 5.74) is 1.50. The number of ether oxygens (including phenoxy) is 2. The van der Waals surface area contributed by atoms with Crippen LogP contribution in [0.4, 0.5) is 0 Å². The van der Waals surface area contributed by atoms with Crippen molar-refractivity contribution in [1.82, 2.24) is 30.1 Å². The van der Waals surface area contributed by atoms with E-state index in [0.717, 1.165) is 40.9 Å². The van der Waals surface area contributed by atoms with E-state index < -0.39 is 0 Å². The normalized spacial score (nSPS) is 15.9. The summed E-state index contributed by atoms with van der Waals surface area (Å²) in [5, 5.41) is 13.6. The maximum atomic E-state index is 13.1. The van der Waals surface area contributed by atoms with E-state index in [-0.39, 0.29) is 17.5 Å². The molecular weight excluding hydrogens is 432 g/mol. The van der Waals surface area contributed by atoms with Gasteiger partial charge in [0.15, 0.2) is 5.82 Å². The highest BCUT2D eigenvalue weighted by molar-refractivity contribution is 5.80. The average Bonchev–Trinajstić information content (AvgIpc) is 3.30. The minimum absolute atomic E-state index is 0.0182. The van der Waals surface area contributed by atoms with Crippen molar-refractivity contribution in [3.05, 3.63) is 46.0 Å². The molecule has 1 atom stereocenters. The number of benzene rings is 1. The number of hydrogen-bond donors (Lipinski definition) is 1. The molecule has 1 aliphatic rings. The Kier molecular flexibility index (Phi) is 7.95. The molecule has 9 nitrogen and oxygen atoms in total. The zero-order valence-corrected chi connectivity index (χ0v) is 20.7. The average molecular weight is 469 g/mol. The second-order valence-corrected chi connectivity index (χ2v) is 9.48. The van der Waals surface area contributed by atoms with Crippen LogP contribution < -0.4 is 10.3 Å². The molecule has 2 heterocycles. The van der Waals surface area contributed by atoms with E-state index in [4.69, 9.17) is 9.47 Å². The van der Waals surface area contributed by atoms with Crippen LogP contribution in [-0.2, 0) is 17.8 Å². The van der Waals surface area contributed by atoms with E-state index in [0.29, 0.717) is 25.7 Å². The Morgan fingerprint density at radius 1 is 1.18 bits per heavy atom. The molecule has 1 fully saturated rings. The van der Waals surface area contributed by atoms with E-state index in [1.807, 2.05) is 28.9 Å². The van der Waals surface area contributed by atoms with Gasteiger partial charge >= 0.3 is 0 Å². The summed E-state index contributed by atoms with van der Waals surface area (Å²) in [6.07, 6.45) is 5.89. The van der Waals surface area contributed by atoms with E-state index in [2.05, 4.69) is 39.3 Å². The van der Waals surface area contributed by atoms with Gasteiger partial charge in [0.2, 0.25) is 0 Å². The van der Waals surface area contributed by atoms with Crippen LogP contribution in [0.5, 0.6) is 5.75 Å². The first-order valence-electron chi connectivity index (χ1n) is 12.2. The van der Waals surface area contributed by atoms with Crippen LogP contribution in [0.2, 0.25) is 0 Å². The third-order valence-electron chi connectivity index (χ3n) is 6.85. The second-order valence-electron chi connectivity index (χ2n) is 9.48. The summed E-state index contributed by atoms with van der Waals surface area (Å²) < 4.78 is 12.5. The molecule has 0 bridgehead atoms. The highest BCUT2D eigenvalue weighted by Crippen LogP contribution is 2.35. The van der Waals surface area contributed by atoms with Gasteiger partial charge in [-0.15, -0.1) is 5.10 Å². The maximum Gasteiger partial charge on any atom is 0.252 e. The van der Waals surface area contributed by atoms with Gasteiger partial charge in [-0.05, 0) is 53.5 Å². The lowest BCUT2D eigenvalue weighted by atomic mass is 9.90. The van der Waals surface area contributed by atoms with Crippen molar-refractivity contribution >= 4 is 10.9 Å². The van der Waals surface area contributed by atoms with Crippen LogP contribution in [0.1, 0.15) is 63.4 Å². The molecule has 184 valence electrons. The monoisotopic (exact) mass is 468 g/mol. The molecule has 0 amide bonds. The summed E-state index contributed by atoms with van der Waals surface area (Å²) in [7, 11) is 3.33. The number of H-pyrrole nitrogens is 1. The minimum atomic E-state index is -0.0556. The van der Waals surface area contributed by atoms with Crippen LogP contribution in [0.15, 0.2) is 29.1 Å². The van der Waals surface area contributed by atoms with Crippen LogP contribution in [0.3, 0.4) is 0 Å². The van der Waals surface area contributed by atoms with Gasteiger partial charge in [0, 0.05) is 36.2 Å². The molecule has 4 rings (SSSR count). The number of aromatic nitrogens is 5. The number of fused-ring (bicyclic) bond motifs is 1. The third-order valence-corrected chi connectivity index (χ3v) is 6.85. The maximum absolute atomic E-state index is 13.1. The Labute approximate surface area is 200 Å². The molecule has 0 spiro atoms. The van der Waals surface area contributed by atoms with Crippen molar-refractivity contribution in [2.75, 3.05) is 20.8 Å². The molecule has 9 heteroatoms. The number of pyridine rings is 1. The van der Waals surface area contributed by atoms with Crippen molar-refractivity contribution in [1.29, 1.82) is 0 Å². The largest absolute Gasteiger partial charge is 0.497 e.